The molecule has 0 aliphatic rings. The van der Waals surface area contributed by atoms with Crippen molar-refractivity contribution in [3.05, 3.63) is 29.8 Å². The van der Waals surface area contributed by atoms with E-state index in [1.807, 2.05) is 0 Å². The number of isothiocyanates is 1. The summed E-state index contributed by atoms with van der Waals surface area (Å²) in [6, 6.07) is 6.68. The summed E-state index contributed by atoms with van der Waals surface area (Å²) in [6.07, 6.45) is -1.94. The van der Waals surface area contributed by atoms with Crippen molar-refractivity contribution in [2.45, 2.75) is 12.2 Å². The molecule has 80 valence electrons. The minimum Gasteiger partial charge on any atom is -0.389 e. The first-order chi connectivity index (χ1) is 7.19. The maximum Gasteiger partial charge on any atom is 0.106 e. The Morgan fingerprint density at radius 2 is 1.93 bits per heavy atom. The van der Waals surface area contributed by atoms with Gasteiger partial charge in [-0.25, -0.2) is 0 Å². The van der Waals surface area contributed by atoms with Crippen molar-refractivity contribution in [3.8, 4) is 0 Å². The van der Waals surface area contributed by atoms with Gasteiger partial charge in [-0.1, -0.05) is 12.1 Å². The summed E-state index contributed by atoms with van der Waals surface area (Å²) in [5.41, 5.74) is 1.24. The molecule has 0 aromatic heterocycles. The normalized spacial score (nSPS) is 14.1. The van der Waals surface area contributed by atoms with E-state index in [2.05, 4.69) is 22.4 Å². The summed E-state index contributed by atoms with van der Waals surface area (Å²) in [6.45, 7) is 0. The van der Waals surface area contributed by atoms with Crippen LogP contribution >= 0.6 is 23.8 Å². The molecule has 2 atom stereocenters. The highest BCUT2D eigenvalue weighted by Crippen LogP contribution is 2.20. The van der Waals surface area contributed by atoms with Gasteiger partial charge in [-0.05, 0) is 29.9 Å². The molecule has 0 aliphatic heterocycles. The van der Waals surface area contributed by atoms with E-state index >= 15 is 0 Å². The molecule has 0 saturated heterocycles. The second kappa shape index (κ2) is 5.95. The SMILES string of the molecule is OC(CCl)C(O)c1ccc(N=C=S)cc1. The van der Waals surface area contributed by atoms with Gasteiger partial charge in [-0.15, -0.1) is 11.6 Å². The summed E-state index contributed by atoms with van der Waals surface area (Å²) in [5.74, 6) is -0.0129. The molecule has 1 aromatic rings. The fraction of sp³-hybridized carbons (Fsp3) is 0.300. The molecule has 0 saturated carbocycles. The molecule has 0 bridgehead atoms. The minimum atomic E-state index is -0.979. The number of thiocarbonyl (C=S) groups is 1. The lowest BCUT2D eigenvalue weighted by atomic mass is 10.1. The van der Waals surface area contributed by atoms with Gasteiger partial charge < -0.3 is 10.2 Å². The summed E-state index contributed by atoms with van der Waals surface area (Å²) >= 11 is 9.88. The fourth-order valence-electron chi connectivity index (χ4n) is 1.11. The van der Waals surface area contributed by atoms with Crippen LogP contribution in [0.1, 0.15) is 11.7 Å². The third kappa shape index (κ3) is 3.38. The average Bonchev–Trinajstić information content (AvgIpc) is 2.28. The number of benzene rings is 1. The lowest BCUT2D eigenvalue weighted by molar-refractivity contribution is 0.0327. The number of aliphatic hydroxyl groups is 2. The standard InChI is InChI=1S/C10H10ClNO2S/c11-5-9(13)10(14)7-1-3-8(4-2-7)12-6-15/h1-4,9-10,13-14H,5H2. The van der Waals surface area contributed by atoms with E-state index in [4.69, 9.17) is 11.6 Å². The first-order valence-electron chi connectivity index (χ1n) is 4.29. The maximum atomic E-state index is 9.61. The number of nitrogens with zero attached hydrogens (tertiary/aromatic N) is 1. The molecule has 0 heterocycles. The monoisotopic (exact) mass is 243 g/mol. The van der Waals surface area contributed by atoms with Crippen molar-refractivity contribution >= 4 is 34.7 Å². The van der Waals surface area contributed by atoms with E-state index in [0.29, 0.717) is 11.3 Å². The van der Waals surface area contributed by atoms with Gasteiger partial charge in [0.05, 0.1) is 22.8 Å². The first kappa shape index (κ1) is 12.3. The van der Waals surface area contributed by atoms with Crippen molar-refractivity contribution in [2.75, 3.05) is 5.88 Å². The van der Waals surface area contributed by atoms with Crippen LogP contribution in [-0.2, 0) is 0 Å². The molecule has 0 fully saturated rings. The molecule has 0 aliphatic carbocycles. The lowest BCUT2D eigenvalue weighted by Gasteiger charge is -2.15. The Morgan fingerprint density at radius 3 is 2.40 bits per heavy atom. The average molecular weight is 244 g/mol. The van der Waals surface area contributed by atoms with Crippen LogP contribution in [0.3, 0.4) is 0 Å². The van der Waals surface area contributed by atoms with Crippen LogP contribution in [0.2, 0.25) is 0 Å². The molecule has 0 amide bonds. The van der Waals surface area contributed by atoms with E-state index in [1.54, 1.807) is 24.3 Å². The molecule has 0 spiro atoms. The fourth-order valence-corrected chi connectivity index (χ4v) is 1.38. The van der Waals surface area contributed by atoms with Crippen LogP contribution in [-0.4, -0.2) is 27.4 Å². The number of hydrogen-bond donors (Lipinski definition) is 2. The number of aliphatic imine (C=N–C) groups is 1. The Bertz CT molecular complexity index is 362. The van der Waals surface area contributed by atoms with Gasteiger partial charge in [0, 0.05) is 0 Å². The van der Waals surface area contributed by atoms with E-state index in [0.717, 1.165) is 0 Å². The highest BCUT2D eigenvalue weighted by Gasteiger charge is 2.16. The van der Waals surface area contributed by atoms with Gasteiger partial charge in [0.1, 0.15) is 6.10 Å². The Hall–Kier alpha value is -0.770. The van der Waals surface area contributed by atoms with Crippen molar-refractivity contribution < 1.29 is 10.2 Å². The molecular formula is C10H10ClNO2S. The van der Waals surface area contributed by atoms with Gasteiger partial charge in [0.15, 0.2) is 0 Å². The highest BCUT2D eigenvalue weighted by molar-refractivity contribution is 7.78. The van der Waals surface area contributed by atoms with E-state index in [-0.39, 0.29) is 5.88 Å². The second-order valence-corrected chi connectivity index (χ2v) is 3.45. The zero-order valence-electron chi connectivity index (χ0n) is 7.80. The summed E-state index contributed by atoms with van der Waals surface area (Å²) < 4.78 is 0. The van der Waals surface area contributed by atoms with E-state index < -0.39 is 12.2 Å². The Balaban J connectivity index is 2.83. The minimum absolute atomic E-state index is 0.0129. The summed E-state index contributed by atoms with van der Waals surface area (Å²) in [4.78, 5) is 3.77. The van der Waals surface area contributed by atoms with Gasteiger partial charge in [0.2, 0.25) is 0 Å². The smallest absolute Gasteiger partial charge is 0.106 e. The Morgan fingerprint density at radius 1 is 1.33 bits per heavy atom. The number of halogens is 1. The van der Waals surface area contributed by atoms with Gasteiger partial charge >= 0.3 is 0 Å². The molecule has 1 rings (SSSR count). The molecule has 3 nitrogen and oxygen atoms in total. The predicted molar refractivity (Wildman–Crippen MR) is 62.8 cm³/mol. The van der Waals surface area contributed by atoms with Crippen LogP contribution in [0.25, 0.3) is 0 Å². The molecular weight excluding hydrogens is 234 g/mol. The van der Waals surface area contributed by atoms with Gasteiger partial charge in [0.25, 0.3) is 0 Å². The Kier molecular flexibility index (Phi) is 4.88. The van der Waals surface area contributed by atoms with Crippen molar-refractivity contribution in [1.29, 1.82) is 0 Å². The maximum absolute atomic E-state index is 9.61. The van der Waals surface area contributed by atoms with Gasteiger partial charge in [-0.3, -0.25) is 0 Å². The van der Waals surface area contributed by atoms with E-state index in [9.17, 15) is 10.2 Å². The molecule has 2 unspecified atom stereocenters. The topological polar surface area (TPSA) is 52.8 Å². The zero-order valence-corrected chi connectivity index (χ0v) is 9.37. The summed E-state index contributed by atoms with van der Waals surface area (Å²) in [7, 11) is 0. The number of hydrogen-bond acceptors (Lipinski definition) is 4. The largest absolute Gasteiger partial charge is 0.389 e. The molecule has 5 heteroatoms. The van der Waals surface area contributed by atoms with Crippen LogP contribution in [0, 0.1) is 0 Å². The summed E-state index contributed by atoms with van der Waals surface area (Å²) in [5, 5.41) is 21.2. The second-order valence-electron chi connectivity index (χ2n) is 2.96. The molecule has 1 aromatic carbocycles. The zero-order chi connectivity index (χ0) is 11.3. The molecule has 2 N–H and O–H groups in total. The van der Waals surface area contributed by atoms with Crippen molar-refractivity contribution in [3.63, 3.8) is 0 Å². The van der Waals surface area contributed by atoms with Crippen LogP contribution in [0.15, 0.2) is 29.3 Å². The third-order valence-electron chi connectivity index (χ3n) is 1.93. The van der Waals surface area contributed by atoms with Crippen molar-refractivity contribution in [2.24, 2.45) is 4.99 Å². The number of alkyl halides is 1. The predicted octanol–water partition coefficient (Wildman–Crippen LogP) is 2.05. The lowest BCUT2D eigenvalue weighted by Crippen LogP contribution is -2.19. The van der Waals surface area contributed by atoms with Gasteiger partial charge in [-0.2, -0.15) is 4.99 Å². The third-order valence-corrected chi connectivity index (χ3v) is 2.34. The molecule has 15 heavy (non-hydrogen) atoms. The van der Waals surface area contributed by atoms with E-state index in [1.165, 1.54) is 0 Å². The van der Waals surface area contributed by atoms with Crippen molar-refractivity contribution in [1.82, 2.24) is 0 Å². The van der Waals surface area contributed by atoms with Crippen LogP contribution in [0.4, 0.5) is 5.69 Å². The number of rotatable bonds is 4. The Labute approximate surface area is 98.0 Å². The molecule has 0 radical (unpaired) electrons. The quantitative estimate of drug-likeness (QED) is 0.484. The van der Waals surface area contributed by atoms with Crippen LogP contribution < -0.4 is 0 Å². The highest BCUT2D eigenvalue weighted by atomic mass is 35.5. The first-order valence-corrected chi connectivity index (χ1v) is 5.23. The van der Waals surface area contributed by atoms with Crippen LogP contribution in [0.5, 0.6) is 0 Å². The number of aliphatic hydroxyl groups excluding tert-OH is 2.